The molecule has 1 atom stereocenters. The summed E-state index contributed by atoms with van der Waals surface area (Å²) in [6, 6.07) is 6.31. The van der Waals surface area contributed by atoms with Gasteiger partial charge < -0.3 is 26.2 Å². The molecule has 0 saturated heterocycles. The maximum atomic E-state index is 11.9. The second-order valence-electron chi connectivity index (χ2n) is 7.27. The largest absolute Gasteiger partial charge is 0.480 e. The van der Waals surface area contributed by atoms with Crippen LogP contribution in [0, 0.1) is 0 Å². The number of nitrogens with one attached hydrogen (secondary N) is 2. The maximum absolute atomic E-state index is 11.9. The average Bonchev–Trinajstić information content (AvgIpc) is 3.30. The Kier molecular flexibility index (Phi) is 6.07. The van der Waals surface area contributed by atoms with E-state index < -0.39 is 23.7 Å². The molecule has 1 amide bonds. The number of para-hydroxylation sites is 1. The number of carboxylic acid groups (broad SMARTS) is 1. The van der Waals surface area contributed by atoms with Crippen LogP contribution in [0.2, 0.25) is 0 Å². The minimum absolute atomic E-state index is 0.0778. The number of benzene rings is 1. The summed E-state index contributed by atoms with van der Waals surface area (Å²) in [5.41, 5.74) is 6.54. The lowest BCUT2D eigenvalue weighted by atomic mass is 10.0. The molecule has 1 aromatic rings. The van der Waals surface area contributed by atoms with E-state index in [2.05, 4.69) is 15.6 Å². The summed E-state index contributed by atoms with van der Waals surface area (Å²) >= 11 is 0. The molecule has 8 nitrogen and oxygen atoms in total. The molecule has 0 heterocycles. The van der Waals surface area contributed by atoms with Gasteiger partial charge in [-0.3, -0.25) is 0 Å². The van der Waals surface area contributed by atoms with Crippen molar-refractivity contribution in [3.8, 4) is 0 Å². The Morgan fingerprint density at radius 1 is 1.35 bits per heavy atom. The molecule has 1 aliphatic rings. The second-order valence-corrected chi connectivity index (χ2v) is 7.27. The smallest absolute Gasteiger partial charge is 0.408 e. The normalized spacial score (nSPS) is 15.9. The highest BCUT2D eigenvalue weighted by atomic mass is 16.6. The Bertz CT molecular complexity index is 693. The number of amides is 1. The minimum atomic E-state index is -1.15. The van der Waals surface area contributed by atoms with Gasteiger partial charge in [0.05, 0.1) is 6.04 Å². The third kappa shape index (κ3) is 6.62. The number of hydrogen-bond donors (Lipinski definition) is 4. The number of alkyl carbamates (subject to hydrolysis) is 1. The van der Waals surface area contributed by atoms with E-state index in [0.29, 0.717) is 17.2 Å². The lowest BCUT2D eigenvalue weighted by Gasteiger charge is -2.22. The van der Waals surface area contributed by atoms with Gasteiger partial charge in [-0.15, -0.1) is 0 Å². The molecule has 1 aliphatic carbocycles. The highest BCUT2D eigenvalue weighted by molar-refractivity contribution is 5.93. The van der Waals surface area contributed by atoms with Crippen molar-refractivity contribution in [2.24, 2.45) is 10.7 Å². The quantitative estimate of drug-likeness (QED) is 0.453. The number of guanidine groups is 1. The number of anilines is 1. The molecular weight excluding hydrogens is 336 g/mol. The standard InChI is InChI=1S/C18H26N4O4/c1-18(2,3)26-17(25)22-14(15(23)24)10-11-6-4-5-7-13(11)21-16(19)20-12-8-9-12/h4-7,12,14H,8-10H2,1-3H3,(H,22,25)(H,23,24)(H3,19,20,21). The summed E-state index contributed by atoms with van der Waals surface area (Å²) in [7, 11) is 0. The predicted molar refractivity (Wildman–Crippen MR) is 99.2 cm³/mol. The molecule has 1 unspecified atom stereocenters. The van der Waals surface area contributed by atoms with Gasteiger partial charge in [0, 0.05) is 12.1 Å². The van der Waals surface area contributed by atoms with Crippen LogP contribution in [0.4, 0.5) is 10.5 Å². The fourth-order valence-corrected chi connectivity index (χ4v) is 2.26. The topological polar surface area (TPSA) is 126 Å². The van der Waals surface area contributed by atoms with E-state index in [1.165, 1.54) is 0 Å². The molecule has 0 radical (unpaired) electrons. The molecule has 0 aromatic heterocycles. The van der Waals surface area contributed by atoms with Crippen molar-refractivity contribution >= 4 is 23.7 Å². The molecule has 0 bridgehead atoms. The van der Waals surface area contributed by atoms with Crippen molar-refractivity contribution in [3.05, 3.63) is 29.8 Å². The van der Waals surface area contributed by atoms with Crippen molar-refractivity contribution in [3.63, 3.8) is 0 Å². The fourth-order valence-electron chi connectivity index (χ4n) is 2.26. The molecule has 1 aromatic carbocycles. The monoisotopic (exact) mass is 362 g/mol. The Hall–Kier alpha value is -2.77. The third-order valence-corrected chi connectivity index (χ3v) is 3.56. The van der Waals surface area contributed by atoms with Crippen LogP contribution in [0.1, 0.15) is 39.2 Å². The maximum Gasteiger partial charge on any atom is 0.408 e. The van der Waals surface area contributed by atoms with Gasteiger partial charge in [-0.05, 0) is 45.2 Å². The van der Waals surface area contributed by atoms with Gasteiger partial charge in [-0.25, -0.2) is 14.6 Å². The summed E-state index contributed by atoms with van der Waals surface area (Å²) in [6.45, 7) is 5.14. The Morgan fingerprint density at radius 2 is 2.00 bits per heavy atom. The lowest BCUT2D eigenvalue weighted by molar-refractivity contribution is -0.139. The number of carbonyl (C=O) groups excluding carboxylic acids is 1. The molecule has 8 heteroatoms. The SMILES string of the molecule is CC(C)(C)OC(=O)NC(Cc1ccccc1NC(N)=NC1CC1)C(=O)O. The zero-order chi connectivity index (χ0) is 19.3. The Balaban J connectivity index is 2.08. The molecule has 26 heavy (non-hydrogen) atoms. The summed E-state index contributed by atoms with van der Waals surface area (Å²) in [5, 5.41) is 14.8. The van der Waals surface area contributed by atoms with Crippen LogP contribution in [-0.4, -0.2) is 40.8 Å². The number of aliphatic imine (C=N–C) groups is 1. The predicted octanol–water partition coefficient (Wildman–Crippen LogP) is 2.10. The summed E-state index contributed by atoms with van der Waals surface area (Å²) in [4.78, 5) is 27.8. The van der Waals surface area contributed by atoms with Crippen LogP contribution in [0.5, 0.6) is 0 Å². The summed E-state index contributed by atoms with van der Waals surface area (Å²) < 4.78 is 5.13. The zero-order valence-corrected chi connectivity index (χ0v) is 15.3. The van der Waals surface area contributed by atoms with Crippen LogP contribution in [0.3, 0.4) is 0 Å². The zero-order valence-electron chi connectivity index (χ0n) is 15.3. The van der Waals surface area contributed by atoms with Crippen molar-refractivity contribution in [1.82, 2.24) is 5.32 Å². The Morgan fingerprint density at radius 3 is 2.58 bits per heavy atom. The van der Waals surface area contributed by atoms with Gasteiger partial charge in [-0.1, -0.05) is 18.2 Å². The van der Waals surface area contributed by atoms with Crippen LogP contribution >= 0.6 is 0 Å². The number of hydrogen-bond acceptors (Lipinski definition) is 4. The minimum Gasteiger partial charge on any atom is -0.480 e. The summed E-state index contributed by atoms with van der Waals surface area (Å²) in [6.07, 6.45) is 1.37. The first-order chi connectivity index (χ1) is 12.1. The van der Waals surface area contributed by atoms with Crippen molar-refractivity contribution in [2.75, 3.05) is 5.32 Å². The van der Waals surface area contributed by atoms with Crippen LogP contribution < -0.4 is 16.4 Å². The molecule has 142 valence electrons. The third-order valence-electron chi connectivity index (χ3n) is 3.56. The van der Waals surface area contributed by atoms with Crippen LogP contribution in [-0.2, 0) is 16.0 Å². The number of aliphatic carboxylic acids is 1. The van der Waals surface area contributed by atoms with Gasteiger partial charge >= 0.3 is 12.1 Å². The number of rotatable bonds is 6. The molecule has 2 rings (SSSR count). The van der Waals surface area contributed by atoms with E-state index in [4.69, 9.17) is 10.5 Å². The Labute approximate surface area is 152 Å². The molecule has 0 spiro atoms. The first-order valence-electron chi connectivity index (χ1n) is 8.54. The van der Waals surface area contributed by atoms with Crippen LogP contribution in [0.15, 0.2) is 29.3 Å². The first-order valence-corrected chi connectivity index (χ1v) is 8.54. The van der Waals surface area contributed by atoms with Gasteiger partial charge in [0.25, 0.3) is 0 Å². The molecule has 0 aliphatic heterocycles. The summed E-state index contributed by atoms with van der Waals surface area (Å²) in [5.74, 6) is -0.850. The van der Waals surface area contributed by atoms with Gasteiger partial charge in [0.15, 0.2) is 5.96 Å². The van der Waals surface area contributed by atoms with Crippen molar-refractivity contribution < 1.29 is 19.4 Å². The average molecular weight is 362 g/mol. The van der Waals surface area contributed by atoms with Crippen molar-refractivity contribution in [1.29, 1.82) is 0 Å². The van der Waals surface area contributed by atoms with E-state index >= 15 is 0 Å². The van der Waals surface area contributed by atoms with E-state index in [1.54, 1.807) is 39.0 Å². The number of carbonyl (C=O) groups is 2. The van der Waals surface area contributed by atoms with E-state index in [9.17, 15) is 14.7 Å². The number of nitrogens with zero attached hydrogens (tertiary/aromatic N) is 1. The van der Waals surface area contributed by atoms with Gasteiger partial charge in [0.2, 0.25) is 0 Å². The van der Waals surface area contributed by atoms with Gasteiger partial charge in [-0.2, -0.15) is 0 Å². The first kappa shape index (κ1) is 19.6. The highest BCUT2D eigenvalue weighted by Gasteiger charge is 2.25. The second kappa shape index (κ2) is 8.07. The molecule has 5 N–H and O–H groups in total. The van der Waals surface area contributed by atoms with E-state index in [-0.39, 0.29) is 12.5 Å². The molecular formula is C18H26N4O4. The van der Waals surface area contributed by atoms with Crippen molar-refractivity contribution in [2.45, 2.75) is 57.7 Å². The highest BCUT2D eigenvalue weighted by Crippen LogP contribution is 2.24. The molecule has 1 fully saturated rings. The molecule has 1 saturated carbocycles. The number of ether oxygens (including phenoxy) is 1. The number of nitrogens with two attached hydrogens (primary N) is 1. The van der Waals surface area contributed by atoms with Gasteiger partial charge in [0.1, 0.15) is 11.6 Å². The van der Waals surface area contributed by atoms with E-state index in [1.807, 2.05) is 6.07 Å². The number of carboxylic acids is 1. The lowest BCUT2D eigenvalue weighted by Crippen LogP contribution is -2.44. The van der Waals surface area contributed by atoms with Crippen LogP contribution in [0.25, 0.3) is 0 Å². The van der Waals surface area contributed by atoms with E-state index in [0.717, 1.165) is 12.8 Å². The fraction of sp³-hybridized carbons (Fsp3) is 0.500.